The number of hydrogen-bond donors (Lipinski definition) is 0. The minimum atomic E-state index is -4.79. The van der Waals surface area contributed by atoms with Crippen molar-refractivity contribution < 1.29 is 27.4 Å². The Morgan fingerprint density at radius 3 is 2.88 bits per heavy atom. The maximum absolute atomic E-state index is 12.5. The van der Waals surface area contributed by atoms with Gasteiger partial charge in [-0.2, -0.15) is 0 Å². The van der Waals surface area contributed by atoms with Gasteiger partial charge in [0.25, 0.3) is 5.91 Å². The van der Waals surface area contributed by atoms with Gasteiger partial charge in [0.15, 0.2) is 0 Å². The second-order valence-corrected chi connectivity index (χ2v) is 5.61. The molecule has 6 nitrogen and oxygen atoms in total. The Morgan fingerprint density at radius 2 is 2.16 bits per heavy atom. The zero-order valence-corrected chi connectivity index (χ0v) is 13.4. The summed E-state index contributed by atoms with van der Waals surface area (Å²) in [6, 6.07) is 5.73. The van der Waals surface area contributed by atoms with Crippen molar-refractivity contribution in [3.8, 4) is 5.75 Å². The number of rotatable bonds is 4. The number of imidazole rings is 1. The summed E-state index contributed by atoms with van der Waals surface area (Å²) in [6.45, 7) is 1.46. The normalized spacial score (nSPS) is 14.1. The Morgan fingerprint density at radius 1 is 1.40 bits per heavy atom. The molecule has 1 aromatic carbocycles. The van der Waals surface area contributed by atoms with Gasteiger partial charge in [-0.05, 0) is 6.07 Å². The van der Waals surface area contributed by atoms with Crippen molar-refractivity contribution in [2.75, 3.05) is 13.7 Å². The Kier molecular flexibility index (Phi) is 4.67. The van der Waals surface area contributed by atoms with Gasteiger partial charge >= 0.3 is 6.36 Å². The molecule has 0 aliphatic carbocycles. The highest BCUT2D eigenvalue weighted by Gasteiger charge is 2.32. The Balaban J connectivity index is 1.75. The standard InChI is InChI=1S/C16H16F3N3O3/c1-21(8-11-4-2-3-5-13(11)25-16(17,18)19)15(23)12-9-22-6-7-24-10-14(22)20-12/h2-5,9H,6-8,10H2,1H3. The summed E-state index contributed by atoms with van der Waals surface area (Å²) in [5, 5.41) is 0. The van der Waals surface area contributed by atoms with Crippen LogP contribution < -0.4 is 4.74 Å². The lowest BCUT2D eigenvalue weighted by atomic mass is 10.2. The zero-order valence-electron chi connectivity index (χ0n) is 13.4. The Bertz CT molecular complexity index is 750. The van der Waals surface area contributed by atoms with Gasteiger partial charge < -0.3 is 18.9 Å². The van der Waals surface area contributed by atoms with E-state index < -0.39 is 6.36 Å². The van der Waals surface area contributed by atoms with Gasteiger partial charge in [0.1, 0.15) is 23.9 Å². The van der Waals surface area contributed by atoms with Crippen LogP contribution in [-0.4, -0.2) is 40.4 Å². The molecule has 1 aliphatic rings. The van der Waals surface area contributed by atoms with Gasteiger partial charge in [-0.15, -0.1) is 13.2 Å². The lowest BCUT2D eigenvalue weighted by molar-refractivity contribution is -0.275. The number of nitrogens with zero attached hydrogens (tertiary/aromatic N) is 3. The highest BCUT2D eigenvalue weighted by molar-refractivity contribution is 5.92. The number of amides is 1. The predicted octanol–water partition coefficient (Wildman–Crippen LogP) is 2.58. The van der Waals surface area contributed by atoms with E-state index in [-0.39, 0.29) is 29.5 Å². The molecule has 0 unspecified atom stereocenters. The second-order valence-electron chi connectivity index (χ2n) is 5.61. The average molecular weight is 355 g/mol. The van der Waals surface area contributed by atoms with Gasteiger partial charge in [-0.3, -0.25) is 4.79 Å². The van der Waals surface area contributed by atoms with Crippen molar-refractivity contribution >= 4 is 5.91 Å². The van der Waals surface area contributed by atoms with Crippen molar-refractivity contribution in [1.29, 1.82) is 0 Å². The topological polar surface area (TPSA) is 56.6 Å². The van der Waals surface area contributed by atoms with Crippen LogP contribution in [-0.2, 0) is 24.4 Å². The van der Waals surface area contributed by atoms with Crippen LogP contribution in [0.25, 0.3) is 0 Å². The van der Waals surface area contributed by atoms with Crippen molar-refractivity contribution in [1.82, 2.24) is 14.5 Å². The number of ether oxygens (including phenoxy) is 2. The molecule has 1 aromatic heterocycles. The third kappa shape index (κ3) is 4.11. The first-order chi connectivity index (χ1) is 11.8. The number of benzene rings is 1. The van der Waals surface area contributed by atoms with E-state index in [1.54, 1.807) is 12.3 Å². The Labute approximate surface area is 141 Å². The van der Waals surface area contributed by atoms with E-state index in [1.165, 1.54) is 30.1 Å². The number of hydrogen-bond acceptors (Lipinski definition) is 4. The average Bonchev–Trinajstić information content (AvgIpc) is 2.98. The summed E-state index contributed by atoms with van der Waals surface area (Å²) in [6.07, 6.45) is -3.16. The van der Waals surface area contributed by atoms with Crippen LogP contribution in [0.15, 0.2) is 30.5 Å². The molecule has 2 aromatic rings. The Hall–Kier alpha value is -2.55. The molecule has 1 aliphatic heterocycles. The number of para-hydroxylation sites is 1. The number of carbonyl (C=O) groups is 1. The fourth-order valence-corrected chi connectivity index (χ4v) is 2.57. The summed E-state index contributed by atoms with van der Waals surface area (Å²) in [7, 11) is 1.50. The van der Waals surface area contributed by atoms with E-state index in [0.717, 1.165) is 0 Å². The molecule has 0 saturated heterocycles. The van der Waals surface area contributed by atoms with Crippen LogP contribution in [0.2, 0.25) is 0 Å². The molecule has 3 rings (SSSR count). The SMILES string of the molecule is CN(Cc1ccccc1OC(F)(F)F)C(=O)c1cn2c(n1)COCC2. The quantitative estimate of drug-likeness (QED) is 0.846. The highest BCUT2D eigenvalue weighted by atomic mass is 19.4. The molecule has 25 heavy (non-hydrogen) atoms. The largest absolute Gasteiger partial charge is 0.573 e. The van der Waals surface area contributed by atoms with Gasteiger partial charge in [-0.25, -0.2) is 4.98 Å². The van der Waals surface area contributed by atoms with E-state index in [4.69, 9.17) is 4.74 Å². The maximum atomic E-state index is 12.5. The number of carbonyl (C=O) groups excluding carboxylic acids is 1. The van der Waals surface area contributed by atoms with Crippen molar-refractivity contribution in [3.63, 3.8) is 0 Å². The minimum Gasteiger partial charge on any atom is -0.405 e. The summed E-state index contributed by atoms with van der Waals surface area (Å²) in [4.78, 5) is 18.0. The van der Waals surface area contributed by atoms with Crippen LogP contribution in [0.1, 0.15) is 21.9 Å². The monoisotopic (exact) mass is 355 g/mol. The van der Waals surface area contributed by atoms with E-state index >= 15 is 0 Å². The van der Waals surface area contributed by atoms with E-state index in [9.17, 15) is 18.0 Å². The molecule has 0 N–H and O–H groups in total. The predicted molar refractivity (Wildman–Crippen MR) is 80.8 cm³/mol. The lowest BCUT2D eigenvalue weighted by Gasteiger charge is -2.19. The van der Waals surface area contributed by atoms with Gasteiger partial charge in [0, 0.05) is 31.9 Å². The van der Waals surface area contributed by atoms with Crippen LogP contribution in [0, 0.1) is 0 Å². The van der Waals surface area contributed by atoms with Crippen molar-refractivity contribution in [2.45, 2.75) is 26.1 Å². The summed E-state index contributed by atoms with van der Waals surface area (Å²) >= 11 is 0. The fourth-order valence-electron chi connectivity index (χ4n) is 2.57. The first-order valence-electron chi connectivity index (χ1n) is 7.56. The van der Waals surface area contributed by atoms with Gasteiger partial charge in [0.05, 0.1) is 6.61 Å². The number of fused-ring (bicyclic) bond motifs is 1. The highest BCUT2D eigenvalue weighted by Crippen LogP contribution is 2.27. The molecule has 0 saturated carbocycles. The number of aromatic nitrogens is 2. The van der Waals surface area contributed by atoms with E-state index in [0.29, 0.717) is 25.6 Å². The first kappa shape index (κ1) is 17.3. The van der Waals surface area contributed by atoms with Gasteiger partial charge in [-0.1, -0.05) is 18.2 Å². The van der Waals surface area contributed by atoms with Crippen molar-refractivity contribution in [2.24, 2.45) is 0 Å². The molecular formula is C16H16F3N3O3. The van der Waals surface area contributed by atoms with Gasteiger partial charge in [0.2, 0.25) is 0 Å². The molecule has 134 valence electrons. The summed E-state index contributed by atoms with van der Waals surface area (Å²) in [5.41, 5.74) is 0.486. The zero-order chi connectivity index (χ0) is 18.0. The minimum absolute atomic E-state index is 0.0379. The molecule has 0 atom stereocenters. The molecule has 0 fully saturated rings. The van der Waals surface area contributed by atoms with Crippen LogP contribution in [0.3, 0.4) is 0 Å². The smallest absolute Gasteiger partial charge is 0.405 e. The summed E-state index contributed by atoms with van der Waals surface area (Å²) < 4.78 is 48.6. The molecule has 2 heterocycles. The first-order valence-corrected chi connectivity index (χ1v) is 7.56. The molecule has 1 amide bonds. The molecular weight excluding hydrogens is 339 g/mol. The molecule has 0 radical (unpaired) electrons. The fraction of sp³-hybridized carbons (Fsp3) is 0.375. The molecule has 9 heteroatoms. The number of alkyl halides is 3. The van der Waals surface area contributed by atoms with Crippen LogP contribution in [0.5, 0.6) is 5.75 Å². The van der Waals surface area contributed by atoms with Crippen molar-refractivity contribution in [3.05, 3.63) is 47.5 Å². The van der Waals surface area contributed by atoms with Crippen LogP contribution in [0.4, 0.5) is 13.2 Å². The third-order valence-corrected chi connectivity index (χ3v) is 3.74. The molecule has 0 spiro atoms. The van der Waals surface area contributed by atoms with Crippen LogP contribution >= 0.6 is 0 Å². The summed E-state index contributed by atoms with van der Waals surface area (Å²) in [5.74, 6) is -0.0558. The number of halogens is 3. The lowest BCUT2D eigenvalue weighted by Crippen LogP contribution is -2.27. The van der Waals surface area contributed by atoms with E-state index in [2.05, 4.69) is 9.72 Å². The molecule has 0 bridgehead atoms. The van der Waals surface area contributed by atoms with E-state index in [1.807, 2.05) is 4.57 Å². The maximum Gasteiger partial charge on any atom is 0.573 e. The second kappa shape index (κ2) is 6.75. The third-order valence-electron chi connectivity index (χ3n) is 3.74.